The van der Waals surface area contributed by atoms with Crippen LogP contribution in [0.25, 0.3) is 0 Å². The molecule has 2 rings (SSSR count). The molecule has 1 amide bonds. The van der Waals surface area contributed by atoms with Crippen molar-refractivity contribution < 1.29 is 18.1 Å². The van der Waals surface area contributed by atoms with Crippen molar-refractivity contribution in [1.29, 1.82) is 0 Å². The summed E-state index contributed by atoms with van der Waals surface area (Å²) in [6.07, 6.45) is 2.36. The van der Waals surface area contributed by atoms with Gasteiger partial charge in [0, 0.05) is 12.3 Å². The number of halogens is 2. The molecule has 0 bridgehead atoms. The molecule has 0 fully saturated rings. The Morgan fingerprint density at radius 1 is 1.41 bits per heavy atom. The lowest BCUT2D eigenvalue weighted by Gasteiger charge is -2.03. The Morgan fingerprint density at radius 2 is 2.24 bits per heavy atom. The van der Waals surface area contributed by atoms with E-state index in [0.717, 1.165) is 12.3 Å². The van der Waals surface area contributed by atoms with Crippen molar-refractivity contribution in [2.45, 2.75) is 6.54 Å². The summed E-state index contributed by atoms with van der Waals surface area (Å²) in [5, 5.41) is 5.93. The minimum absolute atomic E-state index is 0.0682. The van der Waals surface area contributed by atoms with E-state index in [0.29, 0.717) is 5.69 Å². The molecule has 17 heavy (non-hydrogen) atoms. The van der Waals surface area contributed by atoms with Crippen LogP contribution >= 0.6 is 0 Å². The lowest BCUT2D eigenvalue weighted by Crippen LogP contribution is -2.24. The van der Waals surface area contributed by atoms with E-state index in [-0.39, 0.29) is 6.54 Å². The summed E-state index contributed by atoms with van der Waals surface area (Å²) in [4.78, 5) is 14.6. The summed E-state index contributed by atoms with van der Waals surface area (Å²) in [5.41, 5.74) is 0.0780. The standard InChI is InChI=1S/C10H7F2N3O2/c11-8-7(1-3-13-9(8)12)10(16)14-5-6-2-4-17-15-6/h1-4H,5H2,(H,14,16). The topological polar surface area (TPSA) is 68.0 Å². The first-order valence-electron chi connectivity index (χ1n) is 4.66. The van der Waals surface area contributed by atoms with Gasteiger partial charge in [0.25, 0.3) is 5.91 Å². The Labute approximate surface area is 94.4 Å². The van der Waals surface area contributed by atoms with E-state index in [4.69, 9.17) is 0 Å². The SMILES string of the molecule is O=C(NCc1ccon1)c1ccnc(F)c1F. The number of aromatic nitrogens is 2. The minimum Gasteiger partial charge on any atom is -0.364 e. The highest BCUT2D eigenvalue weighted by molar-refractivity contribution is 5.94. The molecular weight excluding hydrogens is 232 g/mol. The van der Waals surface area contributed by atoms with Crippen LogP contribution in [0, 0.1) is 11.8 Å². The molecule has 0 saturated carbocycles. The number of carbonyl (C=O) groups is 1. The van der Waals surface area contributed by atoms with Crippen LogP contribution in [-0.4, -0.2) is 16.0 Å². The van der Waals surface area contributed by atoms with Gasteiger partial charge in [-0.1, -0.05) is 5.16 Å². The number of nitrogens with zero attached hydrogens (tertiary/aromatic N) is 2. The van der Waals surface area contributed by atoms with Gasteiger partial charge in [-0.2, -0.15) is 4.39 Å². The normalized spacial score (nSPS) is 10.2. The molecule has 7 heteroatoms. The quantitative estimate of drug-likeness (QED) is 0.819. The van der Waals surface area contributed by atoms with Crippen molar-refractivity contribution in [3.63, 3.8) is 0 Å². The molecule has 2 heterocycles. The molecular formula is C10H7F2N3O2. The number of carbonyl (C=O) groups excluding carboxylic acids is 1. The fraction of sp³-hybridized carbons (Fsp3) is 0.100. The fourth-order valence-corrected chi connectivity index (χ4v) is 1.19. The second kappa shape index (κ2) is 4.69. The first-order chi connectivity index (χ1) is 8.18. The zero-order valence-electron chi connectivity index (χ0n) is 8.48. The van der Waals surface area contributed by atoms with E-state index in [2.05, 4.69) is 20.0 Å². The highest BCUT2D eigenvalue weighted by atomic mass is 19.2. The third-order valence-corrected chi connectivity index (χ3v) is 2.01. The van der Waals surface area contributed by atoms with Gasteiger partial charge in [0.05, 0.1) is 12.1 Å². The number of rotatable bonds is 3. The molecule has 1 N–H and O–H groups in total. The lowest BCUT2D eigenvalue weighted by molar-refractivity contribution is 0.0944. The summed E-state index contributed by atoms with van der Waals surface area (Å²) >= 11 is 0. The van der Waals surface area contributed by atoms with Crippen molar-refractivity contribution >= 4 is 5.91 Å². The van der Waals surface area contributed by atoms with Gasteiger partial charge in [0.1, 0.15) is 12.0 Å². The molecule has 0 saturated heterocycles. The van der Waals surface area contributed by atoms with Gasteiger partial charge in [0.15, 0.2) is 5.82 Å². The van der Waals surface area contributed by atoms with E-state index in [1.54, 1.807) is 6.07 Å². The predicted molar refractivity (Wildman–Crippen MR) is 51.8 cm³/mol. The van der Waals surface area contributed by atoms with Gasteiger partial charge >= 0.3 is 0 Å². The number of pyridine rings is 1. The van der Waals surface area contributed by atoms with E-state index in [1.165, 1.54) is 6.26 Å². The number of hydrogen-bond donors (Lipinski definition) is 1. The minimum atomic E-state index is -1.31. The molecule has 0 aliphatic carbocycles. The highest BCUT2D eigenvalue weighted by Gasteiger charge is 2.15. The Balaban J connectivity index is 2.07. The van der Waals surface area contributed by atoms with Gasteiger partial charge < -0.3 is 9.84 Å². The van der Waals surface area contributed by atoms with Gasteiger partial charge in [-0.25, -0.2) is 9.37 Å². The van der Waals surface area contributed by atoms with Crippen LogP contribution in [0.15, 0.2) is 29.1 Å². The fourth-order valence-electron chi connectivity index (χ4n) is 1.19. The van der Waals surface area contributed by atoms with E-state index in [9.17, 15) is 13.6 Å². The second-order valence-electron chi connectivity index (χ2n) is 3.14. The van der Waals surface area contributed by atoms with Crippen LogP contribution in [0.2, 0.25) is 0 Å². The Morgan fingerprint density at radius 3 is 2.94 bits per heavy atom. The Hall–Kier alpha value is -2.31. The van der Waals surface area contributed by atoms with Crippen molar-refractivity contribution in [2.75, 3.05) is 0 Å². The summed E-state index contributed by atoms with van der Waals surface area (Å²) in [6.45, 7) is 0.0682. The maximum absolute atomic E-state index is 13.2. The summed E-state index contributed by atoms with van der Waals surface area (Å²) in [5.74, 6) is -3.32. The van der Waals surface area contributed by atoms with Gasteiger partial charge in [0.2, 0.25) is 5.95 Å². The summed E-state index contributed by atoms with van der Waals surface area (Å²) in [7, 11) is 0. The van der Waals surface area contributed by atoms with Crippen LogP contribution in [-0.2, 0) is 6.54 Å². The monoisotopic (exact) mass is 239 g/mol. The van der Waals surface area contributed by atoms with Gasteiger partial charge in [-0.3, -0.25) is 4.79 Å². The molecule has 88 valence electrons. The van der Waals surface area contributed by atoms with Crippen LogP contribution in [0.5, 0.6) is 0 Å². The zero-order valence-corrected chi connectivity index (χ0v) is 8.48. The molecule has 0 atom stereocenters. The first-order valence-corrected chi connectivity index (χ1v) is 4.66. The maximum atomic E-state index is 13.2. The number of amides is 1. The van der Waals surface area contributed by atoms with Gasteiger partial charge in [-0.15, -0.1) is 0 Å². The van der Waals surface area contributed by atoms with Crippen molar-refractivity contribution in [3.8, 4) is 0 Å². The van der Waals surface area contributed by atoms with Crippen molar-refractivity contribution in [1.82, 2.24) is 15.5 Å². The third kappa shape index (κ3) is 2.44. The smallest absolute Gasteiger partial charge is 0.254 e. The molecule has 2 aromatic rings. The highest BCUT2D eigenvalue weighted by Crippen LogP contribution is 2.08. The lowest BCUT2D eigenvalue weighted by atomic mass is 10.2. The zero-order chi connectivity index (χ0) is 12.3. The number of nitrogens with one attached hydrogen (secondary N) is 1. The maximum Gasteiger partial charge on any atom is 0.254 e. The van der Waals surface area contributed by atoms with Crippen molar-refractivity contribution in [2.24, 2.45) is 0 Å². The second-order valence-corrected chi connectivity index (χ2v) is 3.14. The Kier molecular flexibility index (Phi) is 3.08. The van der Waals surface area contributed by atoms with Crippen LogP contribution in [0.3, 0.4) is 0 Å². The van der Waals surface area contributed by atoms with Crippen molar-refractivity contribution in [3.05, 3.63) is 47.6 Å². The number of hydrogen-bond acceptors (Lipinski definition) is 4. The average molecular weight is 239 g/mol. The Bertz CT molecular complexity index is 528. The average Bonchev–Trinajstić information content (AvgIpc) is 2.82. The molecule has 2 aromatic heterocycles. The molecule has 0 aromatic carbocycles. The molecule has 0 spiro atoms. The third-order valence-electron chi connectivity index (χ3n) is 2.01. The van der Waals surface area contributed by atoms with E-state index < -0.39 is 23.2 Å². The summed E-state index contributed by atoms with van der Waals surface area (Å²) < 4.78 is 30.5. The predicted octanol–water partition coefficient (Wildman–Crippen LogP) is 1.28. The molecule has 0 aliphatic rings. The van der Waals surface area contributed by atoms with E-state index in [1.807, 2.05) is 0 Å². The first kappa shape index (κ1) is 11.2. The van der Waals surface area contributed by atoms with E-state index >= 15 is 0 Å². The van der Waals surface area contributed by atoms with Crippen LogP contribution < -0.4 is 5.32 Å². The van der Waals surface area contributed by atoms with Crippen LogP contribution in [0.1, 0.15) is 16.1 Å². The largest absolute Gasteiger partial charge is 0.364 e. The van der Waals surface area contributed by atoms with Gasteiger partial charge in [-0.05, 0) is 6.07 Å². The van der Waals surface area contributed by atoms with Crippen LogP contribution in [0.4, 0.5) is 8.78 Å². The molecule has 0 unspecified atom stereocenters. The molecule has 0 aliphatic heterocycles. The molecule has 0 radical (unpaired) electrons. The molecule has 5 nitrogen and oxygen atoms in total. The summed E-state index contributed by atoms with van der Waals surface area (Å²) in [6, 6.07) is 2.64.